The highest BCUT2D eigenvalue weighted by Crippen LogP contribution is 2.21. The minimum atomic E-state index is 0.402. The predicted octanol–water partition coefficient (Wildman–Crippen LogP) is 1.39. The van der Waals surface area contributed by atoms with E-state index in [1.807, 2.05) is 6.07 Å². The topological polar surface area (TPSA) is 65.2 Å². The van der Waals surface area contributed by atoms with Crippen molar-refractivity contribution in [2.45, 2.75) is 6.54 Å². The Hall–Kier alpha value is -1.55. The van der Waals surface area contributed by atoms with Crippen LogP contribution in [0.5, 0.6) is 0 Å². The maximum atomic E-state index is 5.46. The highest BCUT2D eigenvalue weighted by Gasteiger charge is 2.10. The largest absolute Gasteiger partial charge is 0.463 e. The zero-order valence-corrected chi connectivity index (χ0v) is 6.36. The average Bonchev–Trinajstić information content (AvgIpc) is 2.74. The molecule has 2 heterocycles. The number of nitrogens with zero attached hydrogens (tertiary/aromatic N) is 1. The summed E-state index contributed by atoms with van der Waals surface area (Å²) >= 11 is 0. The van der Waals surface area contributed by atoms with Gasteiger partial charge in [0, 0.05) is 12.1 Å². The van der Waals surface area contributed by atoms with Gasteiger partial charge in [0.15, 0.2) is 11.5 Å². The van der Waals surface area contributed by atoms with Gasteiger partial charge < -0.3 is 14.7 Å². The van der Waals surface area contributed by atoms with Crippen LogP contribution in [0.15, 0.2) is 33.6 Å². The summed E-state index contributed by atoms with van der Waals surface area (Å²) in [4.78, 5) is 0. The molecule has 2 N–H and O–H groups in total. The van der Waals surface area contributed by atoms with E-state index in [1.165, 1.54) is 6.26 Å². The predicted molar refractivity (Wildman–Crippen MR) is 42.1 cm³/mol. The molecule has 0 fully saturated rings. The van der Waals surface area contributed by atoms with Gasteiger partial charge in [-0.25, -0.2) is 0 Å². The first kappa shape index (κ1) is 7.12. The minimum absolute atomic E-state index is 0.402. The third kappa shape index (κ3) is 1.02. The molecular weight excluding hydrogens is 156 g/mol. The summed E-state index contributed by atoms with van der Waals surface area (Å²) < 4.78 is 9.91. The molecule has 2 aromatic rings. The van der Waals surface area contributed by atoms with Crippen LogP contribution >= 0.6 is 0 Å². The number of hydrogen-bond acceptors (Lipinski definition) is 4. The maximum Gasteiger partial charge on any atom is 0.156 e. The third-order valence-electron chi connectivity index (χ3n) is 1.62. The molecule has 12 heavy (non-hydrogen) atoms. The van der Waals surface area contributed by atoms with Crippen molar-refractivity contribution in [3.05, 3.63) is 30.2 Å². The SMILES string of the molecule is NCc1conc1-c1ccco1. The molecule has 4 nitrogen and oxygen atoms in total. The van der Waals surface area contributed by atoms with Gasteiger partial charge in [-0.3, -0.25) is 0 Å². The van der Waals surface area contributed by atoms with E-state index in [0.717, 1.165) is 5.56 Å². The molecule has 0 saturated heterocycles. The van der Waals surface area contributed by atoms with Gasteiger partial charge in [0.2, 0.25) is 0 Å². The number of aromatic nitrogens is 1. The second-order valence-corrected chi connectivity index (χ2v) is 2.37. The summed E-state index contributed by atoms with van der Waals surface area (Å²) in [5, 5.41) is 3.78. The first-order valence-corrected chi connectivity index (χ1v) is 3.59. The third-order valence-corrected chi connectivity index (χ3v) is 1.62. The molecular formula is C8H8N2O2. The zero-order chi connectivity index (χ0) is 8.39. The molecule has 4 heteroatoms. The minimum Gasteiger partial charge on any atom is -0.463 e. The van der Waals surface area contributed by atoms with Crippen molar-refractivity contribution in [1.82, 2.24) is 5.16 Å². The lowest BCUT2D eigenvalue weighted by molar-refractivity contribution is 0.418. The molecule has 0 spiro atoms. The van der Waals surface area contributed by atoms with E-state index in [9.17, 15) is 0 Å². The first-order chi connectivity index (χ1) is 5.92. The lowest BCUT2D eigenvalue weighted by Crippen LogP contribution is -1.95. The Morgan fingerprint density at radius 2 is 2.42 bits per heavy atom. The second kappa shape index (κ2) is 2.83. The standard InChI is InChI=1S/C8H8N2O2/c9-4-6-5-12-10-8(6)7-2-1-3-11-7/h1-3,5H,4,9H2. The summed E-state index contributed by atoms with van der Waals surface area (Å²) in [5.41, 5.74) is 6.99. The molecule has 0 aromatic carbocycles. The van der Waals surface area contributed by atoms with Crippen molar-refractivity contribution in [2.75, 3.05) is 0 Å². The van der Waals surface area contributed by atoms with Crippen molar-refractivity contribution in [3.63, 3.8) is 0 Å². The molecule has 0 amide bonds. The van der Waals surface area contributed by atoms with E-state index in [-0.39, 0.29) is 0 Å². The van der Waals surface area contributed by atoms with Crippen LogP contribution in [-0.4, -0.2) is 5.16 Å². The van der Waals surface area contributed by atoms with Crippen LogP contribution < -0.4 is 5.73 Å². The van der Waals surface area contributed by atoms with E-state index in [2.05, 4.69) is 5.16 Å². The van der Waals surface area contributed by atoms with Crippen LogP contribution in [0.1, 0.15) is 5.56 Å². The number of furan rings is 1. The average molecular weight is 164 g/mol. The first-order valence-electron chi connectivity index (χ1n) is 3.59. The summed E-state index contributed by atoms with van der Waals surface area (Å²) in [5.74, 6) is 0.684. The van der Waals surface area contributed by atoms with E-state index >= 15 is 0 Å². The summed E-state index contributed by atoms with van der Waals surface area (Å²) in [6.45, 7) is 0.402. The monoisotopic (exact) mass is 164 g/mol. The van der Waals surface area contributed by atoms with Gasteiger partial charge in [0.1, 0.15) is 6.26 Å². The normalized spacial score (nSPS) is 10.4. The second-order valence-electron chi connectivity index (χ2n) is 2.37. The van der Waals surface area contributed by atoms with Gasteiger partial charge in [-0.05, 0) is 12.1 Å². The zero-order valence-electron chi connectivity index (χ0n) is 6.36. The van der Waals surface area contributed by atoms with E-state index < -0.39 is 0 Å². The maximum absolute atomic E-state index is 5.46. The van der Waals surface area contributed by atoms with Crippen molar-refractivity contribution >= 4 is 0 Å². The van der Waals surface area contributed by atoms with Crippen molar-refractivity contribution in [2.24, 2.45) is 5.73 Å². The quantitative estimate of drug-likeness (QED) is 0.728. The smallest absolute Gasteiger partial charge is 0.156 e. The van der Waals surface area contributed by atoms with Crippen LogP contribution in [0, 0.1) is 0 Å². The van der Waals surface area contributed by atoms with Crippen LogP contribution in [0.25, 0.3) is 11.5 Å². The highest BCUT2D eigenvalue weighted by atomic mass is 16.5. The van der Waals surface area contributed by atoms with Gasteiger partial charge >= 0.3 is 0 Å². The Morgan fingerprint density at radius 3 is 3.08 bits per heavy atom. The molecule has 0 aliphatic rings. The molecule has 2 rings (SSSR count). The Kier molecular flexibility index (Phi) is 1.68. The Morgan fingerprint density at radius 1 is 1.50 bits per heavy atom. The Labute approximate surface area is 69.0 Å². The molecule has 0 aliphatic heterocycles. The molecule has 0 aliphatic carbocycles. The van der Waals surface area contributed by atoms with Crippen LogP contribution in [0.2, 0.25) is 0 Å². The van der Waals surface area contributed by atoms with Gasteiger partial charge in [-0.15, -0.1) is 0 Å². The highest BCUT2D eigenvalue weighted by molar-refractivity contribution is 5.55. The summed E-state index contributed by atoms with van der Waals surface area (Å²) in [6, 6.07) is 3.61. The van der Waals surface area contributed by atoms with Gasteiger partial charge in [0.05, 0.1) is 6.26 Å². The number of nitrogens with two attached hydrogens (primary N) is 1. The van der Waals surface area contributed by atoms with E-state index in [1.54, 1.807) is 12.3 Å². The van der Waals surface area contributed by atoms with Crippen LogP contribution in [-0.2, 0) is 6.54 Å². The summed E-state index contributed by atoms with van der Waals surface area (Å²) in [7, 11) is 0. The Balaban J connectivity index is 2.46. The van der Waals surface area contributed by atoms with E-state index in [4.69, 9.17) is 14.7 Å². The molecule has 0 bridgehead atoms. The van der Waals surface area contributed by atoms with Gasteiger partial charge in [-0.1, -0.05) is 5.16 Å². The molecule has 0 radical (unpaired) electrons. The summed E-state index contributed by atoms with van der Waals surface area (Å²) in [6.07, 6.45) is 3.11. The fourth-order valence-corrected chi connectivity index (χ4v) is 1.02. The van der Waals surface area contributed by atoms with Gasteiger partial charge in [-0.2, -0.15) is 0 Å². The van der Waals surface area contributed by atoms with Crippen molar-refractivity contribution in [1.29, 1.82) is 0 Å². The molecule has 0 saturated carbocycles. The van der Waals surface area contributed by atoms with Crippen molar-refractivity contribution in [3.8, 4) is 11.5 Å². The van der Waals surface area contributed by atoms with Gasteiger partial charge in [0.25, 0.3) is 0 Å². The lowest BCUT2D eigenvalue weighted by Gasteiger charge is -1.91. The number of rotatable bonds is 2. The fraction of sp³-hybridized carbons (Fsp3) is 0.125. The van der Waals surface area contributed by atoms with Crippen molar-refractivity contribution < 1.29 is 8.94 Å². The molecule has 0 atom stereocenters. The van der Waals surface area contributed by atoms with Crippen LogP contribution in [0.3, 0.4) is 0 Å². The number of hydrogen-bond donors (Lipinski definition) is 1. The fourth-order valence-electron chi connectivity index (χ4n) is 1.02. The lowest BCUT2D eigenvalue weighted by atomic mass is 10.2. The molecule has 2 aromatic heterocycles. The molecule has 0 unspecified atom stereocenters. The Bertz CT molecular complexity index is 351. The molecule has 62 valence electrons. The van der Waals surface area contributed by atoms with Crippen LogP contribution in [0.4, 0.5) is 0 Å². The van der Waals surface area contributed by atoms with E-state index in [0.29, 0.717) is 18.0 Å².